The van der Waals surface area contributed by atoms with Crippen LogP contribution in [0.3, 0.4) is 0 Å². The third kappa shape index (κ3) is 4.53. The number of benzene rings is 1. The lowest BCUT2D eigenvalue weighted by Gasteiger charge is -2.23. The third-order valence-corrected chi connectivity index (χ3v) is 3.26. The van der Waals surface area contributed by atoms with Crippen LogP contribution in [0.15, 0.2) is 24.3 Å². The Kier molecular flexibility index (Phi) is 5.21. The fourth-order valence-electron chi connectivity index (χ4n) is 2.32. The summed E-state index contributed by atoms with van der Waals surface area (Å²) in [5.74, 6) is -0.119. The molecule has 1 amide bonds. The zero-order chi connectivity index (χ0) is 17.9. The molecule has 0 saturated heterocycles. The summed E-state index contributed by atoms with van der Waals surface area (Å²) >= 11 is 0. The summed E-state index contributed by atoms with van der Waals surface area (Å²) < 4.78 is 6.49. The number of hydrogen-bond donors (Lipinski definition) is 1. The van der Waals surface area contributed by atoms with Gasteiger partial charge in [-0.3, -0.25) is 4.79 Å². The number of fused-ring (bicyclic) bond motifs is 1. The molecule has 0 aliphatic heterocycles. The summed E-state index contributed by atoms with van der Waals surface area (Å²) in [6.07, 6.45) is -0.141. The van der Waals surface area contributed by atoms with Crippen LogP contribution in [0.5, 0.6) is 0 Å². The van der Waals surface area contributed by atoms with Gasteiger partial charge < -0.3 is 10.1 Å². The Hall–Kier alpha value is -2.44. The van der Waals surface area contributed by atoms with Gasteiger partial charge in [-0.05, 0) is 45.2 Å². The molecular weight excluding hydrogens is 308 g/mol. The monoisotopic (exact) mass is 332 g/mol. The van der Waals surface area contributed by atoms with Gasteiger partial charge in [0.05, 0.1) is 5.52 Å². The molecule has 1 heterocycles. The van der Waals surface area contributed by atoms with Gasteiger partial charge in [-0.2, -0.15) is 4.68 Å². The fourth-order valence-corrected chi connectivity index (χ4v) is 2.32. The first-order valence-electron chi connectivity index (χ1n) is 8.01. The standard InChI is InChI=1S/C17H24N4O3/c1-11(2)10-13(18-16(23)24-17(3,4)5)15(22)21-14-9-7-6-8-12(14)19-20-21/h6-9,11,13H,10H2,1-5H3,(H,18,23)/t13-/m0/s1. The molecule has 0 radical (unpaired) electrons. The lowest BCUT2D eigenvalue weighted by Crippen LogP contribution is -2.46. The van der Waals surface area contributed by atoms with E-state index in [1.165, 1.54) is 4.68 Å². The van der Waals surface area contributed by atoms with Gasteiger partial charge >= 0.3 is 6.09 Å². The highest BCUT2D eigenvalue weighted by molar-refractivity contribution is 5.93. The van der Waals surface area contributed by atoms with Crippen molar-refractivity contribution in [1.29, 1.82) is 0 Å². The number of nitrogens with one attached hydrogen (secondary N) is 1. The second-order valence-electron chi connectivity index (χ2n) is 7.16. The Bertz CT molecular complexity index is 731. The van der Waals surface area contributed by atoms with E-state index >= 15 is 0 Å². The quantitative estimate of drug-likeness (QED) is 0.930. The molecule has 130 valence electrons. The molecule has 1 aromatic carbocycles. The van der Waals surface area contributed by atoms with Gasteiger partial charge in [0.1, 0.15) is 17.2 Å². The number of amides is 1. The average Bonchev–Trinajstić information content (AvgIpc) is 2.87. The maximum Gasteiger partial charge on any atom is 0.408 e. The molecule has 0 aliphatic carbocycles. The number of carbonyl (C=O) groups excluding carboxylic acids is 2. The van der Waals surface area contributed by atoms with Gasteiger partial charge in [0, 0.05) is 0 Å². The molecule has 0 spiro atoms. The van der Waals surface area contributed by atoms with Crippen molar-refractivity contribution in [1.82, 2.24) is 20.3 Å². The maximum absolute atomic E-state index is 12.8. The molecule has 0 fully saturated rings. The molecule has 0 saturated carbocycles. The van der Waals surface area contributed by atoms with Gasteiger partial charge in [0.15, 0.2) is 0 Å². The normalized spacial score (nSPS) is 13.1. The Labute approximate surface area is 141 Å². The Balaban J connectivity index is 2.23. The minimum Gasteiger partial charge on any atom is -0.444 e. The Morgan fingerprint density at radius 1 is 1.25 bits per heavy atom. The van der Waals surface area contributed by atoms with Crippen molar-refractivity contribution in [3.8, 4) is 0 Å². The second kappa shape index (κ2) is 6.98. The smallest absolute Gasteiger partial charge is 0.408 e. The number of carbonyl (C=O) groups is 2. The number of alkyl carbamates (subject to hydrolysis) is 1. The summed E-state index contributed by atoms with van der Waals surface area (Å²) in [6, 6.07) is 6.47. The van der Waals surface area contributed by atoms with Crippen molar-refractivity contribution in [3.05, 3.63) is 24.3 Å². The number of para-hydroxylation sites is 1. The van der Waals surface area contributed by atoms with Crippen molar-refractivity contribution >= 4 is 23.0 Å². The van der Waals surface area contributed by atoms with Gasteiger partial charge in [0.2, 0.25) is 0 Å². The highest BCUT2D eigenvalue weighted by Gasteiger charge is 2.27. The predicted octanol–water partition coefficient (Wildman–Crippen LogP) is 3.01. The highest BCUT2D eigenvalue weighted by atomic mass is 16.6. The van der Waals surface area contributed by atoms with E-state index in [0.717, 1.165) is 0 Å². The van der Waals surface area contributed by atoms with Crippen molar-refractivity contribution < 1.29 is 14.3 Å². The first-order chi connectivity index (χ1) is 11.2. The first-order valence-corrected chi connectivity index (χ1v) is 8.01. The molecule has 0 unspecified atom stereocenters. The SMILES string of the molecule is CC(C)C[C@H](NC(=O)OC(C)(C)C)C(=O)n1nnc2ccccc21. The van der Waals surface area contributed by atoms with E-state index in [1.807, 2.05) is 26.0 Å². The first kappa shape index (κ1) is 17.9. The van der Waals surface area contributed by atoms with Crippen LogP contribution in [0.1, 0.15) is 45.8 Å². The molecule has 0 bridgehead atoms. The average molecular weight is 332 g/mol. The molecule has 2 aromatic rings. The largest absolute Gasteiger partial charge is 0.444 e. The molecule has 2 rings (SSSR count). The minimum atomic E-state index is -0.732. The van der Waals surface area contributed by atoms with Crippen LogP contribution in [0.2, 0.25) is 0 Å². The molecule has 7 heteroatoms. The summed E-state index contributed by atoms with van der Waals surface area (Å²) in [5.41, 5.74) is 0.615. The molecule has 1 atom stereocenters. The number of ether oxygens (including phenoxy) is 1. The number of aromatic nitrogens is 3. The van der Waals surface area contributed by atoms with Crippen molar-refractivity contribution in [2.45, 2.75) is 52.7 Å². The van der Waals surface area contributed by atoms with E-state index < -0.39 is 17.7 Å². The van der Waals surface area contributed by atoms with Crippen LogP contribution in [0.25, 0.3) is 11.0 Å². The van der Waals surface area contributed by atoms with Crippen LogP contribution >= 0.6 is 0 Å². The minimum absolute atomic E-state index is 0.212. The van der Waals surface area contributed by atoms with Crippen LogP contribution in [0.4, 0.5) is 4.79 Å². The fraction of sp³-hybridized carbons (Fsp3) is 0.529. The maximum atomic E-state index is 12.8. The van der Waals surface area contributed by atoms with Crippen LogP contribution in [0, 0.1) is 5.92 Å². The zero-order valence-corrected chi connectivity index (χ0v) is 14.7. The number of nitrogens with zero attached hydrogens (tertiary/aromatic N) is 3. The summed E-state index contributed by atoms with van der Waals surface area (Å²) in [5, 5.41) is 10.6. The lowest BCUT2D eigenvalue weighted by molar-refractivity contribution is 0.0473. The van der Waals surface area contributed by atoms with Crippen molar-refractivity contribution in [2.24, 2.45) is 5.92 Å². The molecule has 7 nitrogen and oxygen atoms in total. The Morgan fingerprint density at radius 3 is 2.54 bits per heavy atom. The van der Waals surface area contributed by atoms with E-state index in [0.29, 0.717) is 17.5 Å². The zero-order valence-electron chi connectivity index (χ0n) is 14.7. The molecule has 1 aromatic heterocycles. The topological polar surface area (TPSA) is 86.1 Å². The van der Waals surface area contributed by atoms with Gasteiger partial charge in [0.25, 0.3) is 5.91 Å². The molecule has 0 aliphatic rings. The highest BCUT2D eigenvalue weighted by Crippen LogP contribution is 2.14. The van der Waals surface area contributed by atoms with Crippen LogP contribution in [-0.2, 0) is 4.74 Å². The molecule has 24 heavy (non-hydrogen) atoms. The summed E-state index contributed by atoms with van der Waals surface area (Å²) in [4.78, 5) is 24.9. The Morgan fingerprint density at radius 2 is 1.92 bits per heavy atom. The van der Waals surface area contributed by atoms with Crippen molar-refractivity contribution in [3.63, 3.8) is 0 Å². The summed E-state index contributed by atoms with van der Waals surface area (Å²) in [6.45, 7) is 9.29. The third-order valence-electron chi connectivity index (χ3n) is 3.26. The van der Waals surface area contributed by atoms with E-state index in [9.17, 15) is 9.59 Å². The van der Waals surface area contributed by atoms with Gasteiger partial charge in [-0.1, -0.05) is 31.2 Å². The van der Waals surface area contributed by atoms with E-state index in [1.54, 1.807) is 32.9 Å². The molecular formula is C17H24N4O3. The second-order valence-corrected chi connectivity index (χ2v) is 7.16. The van der Waals surface area contributed by atoms with Gasteiger partial charge in [-0.15, -0.1) is 5.10 Å². The van der Waals surface area contributed by atoms with Crippen LogP contribution in [-0.4, -0.2) is 38.6 Å². The van der Waals surface area contributed by atoms with E-state index in [2.05, 4.69) is 15.6 Å². The van der Waals surface area contributed by atoms with Crippen LogP contribution < -0.4 is 5.32 Å². The molecule has 1 N–H and O–H groups in total. The number of rotatable bonds is 4. The van der Waals surface area contributed by atoms with Gasteiger partial charge in [-0.25, -0.2) is 4.79 Å². The van der Waals surface area contributed by atoms with Crippen molar-refractivity contribution in [2.75, 3.05) is 0 Å². The van der Waals surface area contributed by atoms with E-state index in [4.69, 9.17) is 4.74 Å². The number of hydrogen-bond acceptors (Lipinski definition) is 5. The summed E-state index contributed by atoms with van der Waals surface area (Å²) in [7, 11) is 0. The lowest BCUT2D eigenvalue weighted by atomic mass is 10.0. The van der Waals surface area contributed by atoms with E-state index in [-0.39, 0.29) is 11.8 Å². The predicted molar refractivity (Wildman–Crippen MR) is 90.8 cm³/mol.